The third-order valence-corrected chi connectivity index (χ3v) is 5.66. The molecule has 1 aliphatic rings. The first-order chi connectivity index (χ1) is 14.7. The highest BCUT2D eigenvalue weighted by molar-refractivity contribution is 5.80. The first-order valence-corrected chi connectivity index (χ1v) is 11.1. The van der Waals surface area contributed by atoms with Crippen LogP contribution in [0.3, 0.4) is 0 Å². The van der Waals surface area contributed by atoms with Gasteiger partial charge in [-0.2, -0.15) is 0 Å². The zero-order valence-electron chi connectivity index (χ0n) is 17.8. The number of carbonyl (C=O) groups excluding carboxylic acids is 1. The van der Waals surface area contributed by atoms with Crippen LogP contribution in [-0.4, -0.2) is 28.6 Å². The molecule has 158 valence electrons. The number of aromatic nitrogens is 2. The van der Waals surface area contributed by atoms with Crippen LogP contribution in [0.4, 0.5) is 0 Å². The van der Waals surface area contributed by atoms with Crippen LogP contribution in [-0.2, 0) is 17.8 Å². The van der Waals surface area contributed by atoms with Crippen molar-refractivity contribution >= 4 is 16.9 Å². The molecule has 2 aromatic carbocycles. The number of nitrogens with one attached hydrogen (secondary N) is 1. The number of amides is 1. The van der Waals surface area contributed by atoms with Crippen LogP contribution < -0.4 is 10.1 Å². The lowest BCUT2D eigenvalue weighted by molar-refractivity contribution is -0.122. The van der Waals surface area contributed by atoms with Gasteiger partial charge in [0.25, 0.3) is 0 Å². The summed E-state index contributed by atoms with van der Waals surface area (Å²) >= 11 is 0. The molecule has 4 rings (SSSR count). The van der Waals surface area contributed by atoms with E-state index >= 15 is 0 Å². The van der Waals surface area contributed by atoms with Crippen molar-refractivity contribution < 1.29 is 9.53 Å². The number of fused-ring (bicyclic) bond motifs is 1. The minimum Gasteiger partial charge on any atom is -0.492 e. The summed E-state index contributed by atoms with van der Waals surface area (Å²) in [5, 5.41) is 3.05. The summed E-state index contributed by atoms with van der Waals surface area (Å²) < 4.78 is 8.24. The van der Waals surface area contributed by atoms with Gasteiger partial charge in [0.1, 0.15) is 18.2 Å². The number of imidazole rings is 1. The summed E-state index contributed by atoms with van der Waals surface area (Å²) in [6, 6.07) is 16.5. The molecule has 0 bridgehead atoms. The van der Waals surface area contributed by atoms with E-state index in [0.29, 0.717) is 12.5 Å². The second-order valence-electron chi connectivity index (χ2n) is 8.21. The molecular formula is C25H31N3O2. The molecule has 0 radical (unpaired) electrons. The lowest BCUT2D eigenvalue weighted by Gasteiger charge is -2.11. The fourth-order valence-electron chi connectivity index (χ4n) is 3.74. The van der Waals surface area contributed by atoms with Gasteiger partial charge in [-0.3, -0.25) is 4.79 Å². The fourth-order valence-corrected chi connectivity index (χ4v) is 3.74. The fraction of sp³-hybridized carbons (Fsp3) is 0.440. The first kappa shape index (κ1) is 20.5. The Labute approximate surface area is 178 Å². The lowest BCUT2D eigenvalue weighted by atomic mass is 10.2. The van der Waals surface area contributed by atoms with Crippen molar-refractivity contribution in [3.8, 4) is 5.75 Å². The Kier molecular flexibility index (Phi) is 6.67. The predicted molar refractivity (Wildman–Crippen MR) is 120 cm³/mol. The molecule has 30 heavy (non-hydrogen) atoms. The van der Waals surface area contributed by atoms with E-state index in [4.69, 9.17) is 9.72 Å². The normalized spacial score (nSPS) is 13.5. The third kappa shape index (κ3) is 5.41. The molecule has 0 spiro atoms. The first-order valence-electron chi connectivity index (χ1n) is 11.1. The van der Waals surface area contributed by atoms with E-state index in [0.717, 1.165) is 74.2 Å². The van der Waals surface area contributed by atoms with Crippen molar-refractivity contribution in [1.29, 1.82) is 0 Å². The Balaban J connectivity index is 1.29. The number of carbonyl (C=O) groups is 1. The van der Waals surface area contributed by atoms with Crippen molar-refractivity contribution in [1.82, 2.24) is 14.9 Å². The van der Waals surface area contributed by atoms with Gasteiger partial charge in [0.05, 0.1) is 17.6 Å². The number of aryl methyl sites for hydroxylation is 2. The maximum Gasteiger partial charge on any atom is 0.223 e. The standard InChI is InChI=1S/C25H31N3O2/c1-19-10-14-21(15-11-19)30-18-17-28-23-8-5-4-7-22(23)27-24(28)9-3-2-6-16-26-25(29)20-12-13-20/h4-5,7-8,10-11,14-15,20H,2-3,6,9,12-13,16-18H2,1H3,(H,26,29). The largest absolute Gasteiger partial charge is 0.492 e. The van der Waals surface area contributed by atoms with Gasteiger partial charge >= 0.3 is 0 Å². The van der Waals surface area contributed by atoms with E-state index in [9.17, 15) is 4.79 Å². The maximum absolute atomic E-state index is 11.7. The summed E-state index contributed by atoms with van der Waals surface area (Å²) in [5.41, 5.74) is 3.44. The number of ether oxygens (including phenoxy) is 1. The van der Waals surface area contributed by atoms with Crippen LogP contribution in [0.1, 0.15) is 43.5 Å². The van der Waals surface area contributed by atoms with Crippen LogP contribution in [0.5, 0.6) is 5.75 Å². The average molecular weight is 406 g/mol. The zero-order valence-corrected chi connectivity index (χ0v) is 17.8. The molecule has 1 amide bonds. The summed E-state index contributed by atoms with van der Waals surface area (Å²) in [6.07, 6.45) is 6.26. The average Bonchev–Trinajstić information content (AvgIpc) is 3.55. The number of unbranched alkanes of at least 4 members (excludes halogenated alkanes) is 2. The monoisotopic (exact) mass is 405 g/mol. The number of benzene rings is 2. The van der Waals surface area contributed by atoms with E-state index < -0.39 is 0 Å². The van der Waals surface area contributed by atoms with Crippen molar-refractivity contribution in [3.63, 3.8) is 0 Å². The molecule has 0 atom stereocenters. The van der Waals surface area contributed by atoms with Crippen molar-refractivity contribution in [2.75, 3.05) is 13.2 Å². The van der Waals surface area contributed by atoms with Gasteiger partial charge in [-0.25, -0.2) is 4.98 Å². The van der Waals surface area contributed by atoms with E-state index in [1.807, 2.05) is 18.2 Å². The molecule has 1 saturated carbocycles. The highest BCUT2D eigenvalue weighted by atomic mass is 16.5. The summed E-state index contributed by atoms with van der Waals surface area (Å²) in [7, 11) is 0. The molecule has 0 aliphatic heterocycles. The van der Waals surface area contributed by atoms with Crippen LogP contribution in [0.15, 0.2) is 48.5 Å². The van der Waals surface area contributed by atoms with Gasteiger partial charge in [-0.1, -0.05) is 36.2 Å². The molecular weight excluding hydrogens is 374 g/mol. The van der Waals surface area contributed by atoms with Crippen LogP contribution >= 0.6 is 0 Å². The van der Waals surface area contributed by atoms with Crippen molar-refractivity contribution in [2.24, 2.45) is 5.92 Å². The minimum atomic E-state index is 0.241. The molecule has 0 saturated heterocycles. The predicted octanol–water partition coefficient (Wildman–Crippen LogP) is 4.66. The second kappa shape index (κ2) is 9.79. The van der Waals surface area contributed by atoms with Gasteiger partial charge in [-0.15, -0.1) is 0 Å². The Bertz CT molecular complexity index is 974. The lowest BCUT2D eigenvalue weighted by Crippen LogP contribution is -2.25. The summed E-state index contributed by atoms with van der Waals surface area (Å²) in [4.78, 5) is 16.6. The number of hydrogen-bond acceptors (Lipinski definition) is 3. The van der Waals surface area contributed by atoms with Gasteiger partial charge in [-0.05, 0) is 56.9 Å². The minimum absolute atomic E-state index is 0.241. The molecule has 5 nitrogen and oxygen atoms in total. The van der Waals surface area contributed by atoms with Crippen LogP contribution in [0.2, 0.25) is 0 Å². The number of para-hydroxylation sites is 2. The number of nitrogens with zero attached hydrogens (tertiary/aromatic N) is 2. The Hall–Kier alpha value is -2.82. The quantitative estimate of drug-likeness (QED) is 0.472. The summed E-state index contributed by atoms with van der Waals surface area (Å²) in [5.74, 6) is 2.56. The number of rotatable bonds is 11. The SMILES string of the molecule is Cc1ccc(OCCn2c(CCCCCNC(=O)C3CC3)nc3ccccc32)cc1. The summed E-state index contributed by atoms with van der Waals surface area (Å²) in [6.45, 7) is 4.26. The van der Waals surface area contributed by atoms with Gasteiger partial charge in [0.15, 0.2) is 0 Å². The second-order valence-corrected chi connectivity index (χ2v) is 8.21. The molecule has 1 N–H and O–H groups in total. The van der Waals surface area contributed by atoms with Gasteiger partial charge in [0, 0.05) is 18.9 Å². The molecule has 3 aromatic rings. The molecule has 1 aliphatic carbocycles. The highest BCUT2D eigenvalue weighted by Gasteiger charge is 2.28. The smallest absolute Gasteiger partial charge is 0.223 e. The Morgan fingerprint density at radius 2 is 1.90 bits per heavy atom. The van der Waals surface area contributed by atoms with E-state index in [2.05, 4.69) is 47.1 Å². The van der Waals surface area contributed by atoms with E-state index in [1.54, 1.807) is 0 Å². The molecule has 5 heteroatoms. The molecule has 1 heterocycles. The zero-order chi connectivity index (χ0) is 20.8. The van der Waals surface area contributed by atoms with E-state index in [1.165, 1.54) is 5.56 Å². The van der Waals surface area contributed by atoms with Crippen LogP contribution in [0, 0.1) is 12.8 Å². The van der Waals surface area contributed by atoms with Crippen molar-refractivity contribution in [3.05, 3.63) is 59.9 Å². The number of hydrogen-bond donors (Lipinski definition) is 1. The molecule has 1 fully saturated rings. The third-order valence-electron chi connectivity index (χ3n) is 5.66. The van der Waals surface area contributed by atoms with E-state index in [-0.39, 0.29) is 5.91 Å². The molecule has 1 aromatic heterocycles. The van der Waals surface area contributed by atoms with Crippen LogP contribution in [0.25, 0.3) is 11.0 Å². The van der Waals surface area contributed by atoms with Crippen molar-refractivity contribution in [2.45, 2.75) is 52.0 Å². The van der Waals surface area contributed by atoms with Gasteiger partial charge in [0.2, 0.25) is 5.91 Å². The maximum atomic E-state index is 11.7. The highest BCUT2D eigenvalue weighted by Crippen LogP contribution is 2.28. The van der Waals surface area contributed by atoms with Gasteiger partial charge < -0.3 is 14.6 Å². The topological polar surface area (TPSA) is 56.1 Å². The molecule has 0 unspecified atom stereocenters. The Morgan fingerprint density at radius 1 is 1.10 bits per heavy atom. The Morgan fingerprint density at radius 3 is 2.70 bits per heavy atom.